The summed E-state index contributed by atoms with van der Waals surface area (Å²) in [5.41, 5.74) is 1.55. The van der Waals surface area contributed by atoms with Crippen LogP contribution in [0, 0.1) is 5.82 Å². The van der Waals surface area contributed by atoms with E-state index in [-0.39, 0.29) is 10.8 Å². The van der Waals surface area contributed by atoms with Crippen molar-refractivity contribution in [3.8, 4) is 0 Å². The highest BCUT2D eigenvalue weighted by Gasteiger charge is 2.04. The third-order valence-electron chi connectivity index (χ3n) is 2.63. The van der Waals surface area contributed by atoms with E-state index in [4.69, 9.17) is 11.6 Å². The third kappa shape index (κ3) is 3.82. The molecular weight excluding hydrogens is 283 g/mol. The van der Waals surface area contributed by atoms with E-state index >= 15 is 0 Å². The molecule has 1 nitrogen and oxygen atoms in total. The lowest BCUT2D eigenvalue weighted by molar-refractivity contribution is 0.101. The Kier molecular flexibility index (Phi) is 4.61. The Morgan fingerprint density at radius 1 is 1.26 bits per heavy atom. The molecule has 0 aliphatic carbocycles. The molecule has 0 bridgehead atoms. The van der Waals surface area contributed by atoms with Gasteiger partial charge in [-0.2, -0.15) is 0 Å². The lowest BCUT2D eigenvalue weighted by Gasteiger charge is -2.04. The van der Waals surface area contributed by atoms with Crippen LogP contribution in [0.5, 0.6) is 0 Å². The molecule has 0 spiro atoms. The fraction of sp³-hybridized carbons (Fsp3) is 0.133. The number of ketones is 1. The summed E-state index contributed by atoms with van der Waals surface area (Å²) in [5.74, 6) is 0.271. The first-order chi connectivity index (χ1) is 9.06. The molecule has 2 rings (SSSR count). The van der Waals surface area contributed by atoms with Gasteiger partial charge in [-0.05, 0) is 36.8 Å². The number of thioether (sulfide) groups is 1. The van der Waals surface area contributed by atoms with Gasteiger partial charge in [0.25, 0.3) is 0 Å². The Bertz CT molecular complexity index is 613. The first kappa shape index (κ1) is 14.1. The average molecular weight is 295 g/mol. The fourth-order valence-corrected chi connectivity index (χ4v) is 2.62. The van der Waals surface area contributed by atoms with Gasteiger partial charge in [0.15, 0.2) is 5.78 Å². The van der Waals surface area contributed by atoms with Gasteiger partial charge in [0.1, 0.15) is 5.82 Å². The van der Waals surface area contributed by atoms with Gasteiger partial charge < -0.3 is 0 Å². The minimum Gasteiger partial charge on any atom is -0.295 e. The van der Waals surface area contributed by atoms with Crippen molar-refractivity contribution in [3.05, 3.63) is 64.4 Å². The normalized spacial score (nSPS) is 10.5. The molecular formula is C15H12ClFOS. The monoisotopic (exact) mass is 294 g/mol. The summed E-state index contributed by atoms with van der Waals surface area (Å²) in [5, 5.41) is 0.132. The summed E-state index contributed by atoms with van der Waals surface area (Å²) in [7, 11) is 0. The van der Waals surface area contributed by atoms with Gasteiger partial charge in [0, 0.05) is 16.2 Å². The quantitative estimate of drug-likeness (QED) is 0.585. The van der Waals surface area contributed by atoms with Gasteiger partial charge >= 0.3 is 0 Å². The van der Waals surface area contributed by atoms with Gasteiger partial charge in [0.05, 0.1) is 5.02 Å². The number of halogens is 2. The van der Waals surface area contributed by atoms with Crippen LogP contribution < -0.4 is 0 Å². The van der Waals surface area contributed by atoms with Crippen LogP contribution in [0.25, 0.3) is 0 Å². The zero-order chi connectivity index (χ0) is 13.8. The number of Topliss-reactive ketones (excluding diaryl/α,β-unsaturated/α-hetero) is 1. The molecule has 0 saturated carbocycles. The van der Waals surface area contributed by atoms with E-state index in [1.54, 1.807) is 36.9 Å². The van der Waals surface area contributed by atoms with Crippen molar-refractivity contribution in [1.82, 2.24) is 0 Å². The minimum absolute atomic E-state index is 0.0417. The number of hydrogen-bond acceptors (Lipinski definition) is 2. The Labute approximate surface area is 120 Å². The Balaban J connectivity index is 2.07. The standard InChI is InChI=1S/C15H12ClFOS/c1-10(18)12-3-2-4-13(8-12)19-9-11-5-6-14(16)15(17)7-11/h2-8H,9H2,1H3. The maximum Gasteiger partial charge on any atom is 0.159 e. The molecule has 0 N–H and O–H groups in total. The number of carbonyl (C=O) groups is 1. The number of hydrogen-bond donors (Lipinski definition) is 0. The Hall–Kier alpha value is -1.32. The van der Waals surface area contributed by atoms with Crippen molar-refractivity contribution in [2.75, 3.05) is 0 Å². The van der Waals surface area contributed by atoms with Gasteiger partial charge in [-0.1, -0.05) is 29.8 Å². The highest BCUT2D eigenvalue weighted by Crippen LogP contribution is 2.25. The van der Waals surface area contributed by atoms with Crippen LogP contribution in [0.15, 0.2) is 47.4 Å². The summed E-state index contributed by atoms with van der Waals surface area (Å²) in [6.07, 6.45) is 0. The van der Waals surface area contributed by atoms with E-state index < -0.39 is 5.82 Å². The zero-order valence-electron chi connectivity index (χ0n) is 10.3. The molecule has 4 heteroatoms. The molecule has 0 amide bonds. The fourth-order valence-electron chi connectivity index (χ4n) is 1.60. The first-order valence-electron chi connectivity index (χ1n) is 5.74. The highest BCUT2D eigenvalue weighted by molar-refractivity contribution is 7.98. The van der Waals surface area contributed by atoms with Gasteiger partial charge in [0.2, 0.25) is 0 Å². The third-order valence-corrected chi connectivity index (χ3v) is 4.00. The van der Waals surface area contributed by atoms with Gasteiger partial charge in [-0.25, -0.2) is 4.39 Å². The van der Waals surface area contributed by atoms with E-state index in [2.05, 4.69) is 0 Å². The highest BCUT2D eigenvalue weighted by atomic mass is 35.5. The lowest BCUT2D eigenvalue weighted by atomic mass is 10.2. The Morgan fingerprint density at radius 3 is 2.74 bits per heavy atom. The summed E-state index contributed by atoms with van der Waals surface area (Å²) in [6, 6.07) is 12.2. The molecule has 0 fully saturated rings. The second kappa shape index (κ2) is 6.22. The summed E-state index contributed by atoms with van der Waals surface area (Å²) < 4.78 is 13.3. The van der Waals surface area contributed by atoms with E-state index in [0.29, 0.717) is 11.3 Å². The minimum atomic E-state index is -0.405. The van der Waals surface area contributed by atoms with Crippen molar-refractivity contribution < 1.29 is 9.18 Å². The number of carbonyl (C=O) groups excluding carboxylic acids is 1. The molecule has 0 unspecified atom stereocenters. The second-order valence-corrected chi connectivity index (χ2v) is 5.58. The topological polar surface area (TPSA) is 17.1 Å². The van der Waals surface area contributed by atoms with E-state index in [9.17, 15) is 9.18 Å². The van der Waals surface area contributed by atoms with Crippen molar-refractivity contribution in [1.29, 1.82) is 0 Å². The zero-order valence-corrected chi connectivity index (χ0v) is 11.9. The van der Waals surface area contributed by atoms with Crippen molar-refractivity contribution in [2.24, 2.45) is 0 Å². The second-order valence-electron chi connectivity index (χ2n) is 4.12. The van der Waals surface area contributed by atoms with E-state index in [1.165, 1.54) is 6.07 Å². The van der Waals surface area contributed by atoms with Gasteiger partial charge in [-0.3, -0.25) is 4.79 Å². The molecule has 0 aliphatic heterocycles. The molecule has 0 aliphatic rings. The number of benzene rings is 2. The molecule has 2 aromatic rings. The Morgan fingerprint density at radius 2 is 2.05 bits per heavy atom. The predicted molar refractivity (Wildman–Crippen MR) is 77.4 cm³/mol. The number of rotatable bonds is 4. The van der Waals surface area contributed by atoms with Crippen LogP contribution in [0.3, 0.4) is 0 Å². The largest absolute Gasteiger partial charge is 0.295 e. The molecule has 0 saturated heterocycles. The van der Waals surface area contributed by atoms with E-state index in [0.717, 1.165) is 10.5 Å². The van der Waals surface area contributed by atoms with Crippen LogP contribution in [0.1, 0.15) is 22.8 Å². The van der Waals surface area contributed by atoms with Crippen molar-refractivity contribution in [2.45, 2.75) is 17.6 Å². The molecule has 0 aromatic heterocycles. The average Bonchev–Trinajstić information content (AvgIpc) is 2.40. The van der Waals surface area contributed by atoms with Crippen LogP contribution in [-0.2, 0) is 5.75 Å². The maximum atomic E-state index is 13.3. The molecule has 0 atom stereocenters. The van der Waals surface area contributed by atoms with Crippen LogP contribution in [0.2, 0.25) is 5.02 Å². The molecule has 0 radical (unpaired) electrons. The van der Waals surface area contributed by atoms with Crippen molar-refractivity contribution >= 4 is 29.1 Å². The SMILES string of the molecule is CC(=O)c1cccc(SCc2ccc(Cl)c(F)c2)c1. The van der Waals surface area contributed by atoms with Gasteiger partial charge in [-0.15, -0.1) is 11.8 Å². The van der Waals surface area contributed by atoms with Crippen molar-refractivity contribution in [3.63, 3.8) is 0 Å². The summed E-state index contributed by atoms with van der Waals surface area (Å²) in [4.78, 5) is 12.3. The summed E-state index contributed by atoms with van der Waals surface area (Å²) >= 11 is 7.19. The molecule has 98 valence electrons. The molecule has 19 heavy (non-hydrogen) atoms. The lowest BCUT2D eigenvalue weighted by Crippen LogP contribution is -1.91. The van der Waals surface area contributed by atoms with Crippen LogP contribution >= 0.6 is 23.4 Å². The van der Waals surface area contributed by atoms with Crippen LogP contribution in [-0.4, -0.2) is 5.78 Å². The predicted octanol–water partition coefficient (Wildman–Crippen LogP) is 4.97. The molecule has 0 heterocycles. The summed E-state index contributed by atoms with van der Waals surface area (Å²) in [6.45, 7) is 1.54. The first-order valence-corrected chi connectivity index (χ1v) is 7.10. The maximum absolute atomic E-state index is 13.3. The van der Waals surface area contributed by atoms with Crippen LogP contribution in [0.4, 0.5) is 4.39 Å². The smallest absolute Gasteiger partial charge is 0.159 e. The van der Waals surface area contributed by atoms with E-state index in [1.807, 2.05) is 18.2 Å². The molecule has 2 aromatic carbocycles.